The Balaban J connectivity index is 3.39. The molecule has 0 aliphatic rings. The lowest BCUT2D eigenvalue weighted by molar-refractivity contribution is 0.171. The maximum absolute atomic E-state index is 5.58. The van der Waals surface area contributed by atoms with E-state index in [4.69, 9.17) is 16.3 Å². The van der Waals surface area contributed by atoms with Crippen LogP contribution in [0.25, 0.3) is 0 Å². The molecule has 0 saturated carbocycles. The average molecular weight is 192 g/mol. The molecular weight excluding hydrogens is 172 g/mol. The minimum Gasteiger partial charge on any atom is -0.375 e. The van der Waals surface area contributed by atoms with Crippen LogP contribution in [0.3, 0.4) is 0 Å². The van der Waals surface area contributed by atoms with Crippen LogP contribution in [0.2, 0.25) is 0 Å². The Morgan fingerprint density at radius 1 is 1.33 bits per heavy atom. The number of halogens is 1. The molecule has 73 valence electrons. The van der Waals surface area contributed by atoms with E-state index in [-0.39, 0.29) is 0 Å². The molecular formula is C10H20ClO. The van der Waals surface area contributed by atoms with Gasteiger partial charge in [0, 0.05) is 13.0 Å². The number of unbranched alkanes of at least 4 members (excludes halogenated alkanes) is 1. The van der Waals surface area contributed by atoms with E-state index in [0.717, 1.165) is 31.6 Å². The third-order valence-corrected chi connectivity index (χ3v) is 2.03. The zero-order valence-electron chi connectivity index (χ0n) is 8.40. The van der Waals surface area contributed by atoms with E-state index >= 15 is 0 Å². The highest BCUT2D eigenvalue weighted by Crippen LogP contribution is 2.20. The Labute approximate surface area is 81.4 Å². The third-order valence-electron chi connectivity index (χ3n) is 1.76. The summed E-state index contributed by atoms with van der Waals surface area (Å²) < 4.78 is 5.28. The van der Waals surface area contributed by atoms with Gasteiger partial charge in [-0.1, -0.05) is 13.8 Å². The normalized spacial score (nSPS) is 11.5. The standard InChI is InChI=1S/C10H20ClO/c1-9(2)8-10(12-3)6-4-5-7-11/h9H,4-8H2,1-3H3. The highest BCUT2D eigenvalue weighted by molar-refractivity contribution is 6.17. The van der Waals surface area contributed by atoms with Crippen molar-refractivity contribution in [1.82, 2.24) is 0 Å². The maximum Gasteiger partial charge on any atom is 0.0969 e. The van der Waals surface area contributed by atoms with E-state index in [9.17, 15) is 0 Å². The van der Waals surface area contributed by atoms with Crippen LogP contribution >= 0.6 is 11.6 Å². The fourth-order valence-electron chi connectivity index (χ4n) is 1.16. The highest BCUT2D eigenvalue weighted by Gasteiger charge is 2.09. The molecule has 0 fully saturated rings. The Morgan fingerprint density at radius 3 is 2.42 bits per heavy atom. The molecule has 0 bridgehead atoms. The topological polar surface area (TPSA) is 9.23 Å². The van der Waals surface area contributed by atoms with Crippen LogP contribution in [0.4, 0.5) is 0 Å². The van der Waals surface area contributed by atoms with Gasteiger partial charge in [-0.25, -0.2) is 0 Å². The number of ether oxygens (including phenoxy) is 1. The van der Waals surface area contributed by atoms with Gasteiger partial charge in [0.1, 0.15) is 0 Å². The average Bonchev–Trinajstić information content (AvgIpc) is 2.02. The fourth-order valence-corrected chi connectivity index (χ4v) is 1.35. The van der Waals surface area contributed by atoms with Gasteiger partial charge in [0.25, 0.3) is 0 Å². The number of hydrogen-bond donors (Lipinski definition) is 0. The quantitative estimate of drug-likeness (QED) is 0.441. The van der Waals surface area contributed by atoms with E-state index in [1.54, 1.807) is 7.11 Å². The smallest absolute Gasteiger partial charge is 0.0969 e. The van der Waals surface area contributed by atoms with E-state index in [1.807, 2.05) is 0 Å². The molecule has 0 amide bonds. The Morgan fingerprint density at radius 2 is 2.00 bits per heavy atom. The van der Waals surface area contributed by atoms with Crippen LogP contribution in [-0.2, 0) is 4.74 Å². The zero-order chi connectivity index (χ0) is 9.40. The van der Waals surface area contributed by atoms with Gasteiger partial charge in [0.05, 0.1) is 6.10 Å². The van der Waals surface area contributed by atoms with Gasteiger partial charge in [0.2, 0.25) is 0 Å². The summed E-state index contributed by atoms with van der Waals surface area (Å²) in [7, 11) is 1.76. The van der Waals surface area contributed by atoms with Gasteiger partial charge in [-0.15, -0.1) is 11.6 Å². The first-order chi connectivity index (χ1) is 5.70. The molecule has 0 aromatic carbocycles. The van der Waals surface area contributed by atoms with Crippen molar-refractivity contribution in [2.75, 3.05) is 13.0 Å². The molecule has 0 saturated heterocycles. The van der Waals surface area contributed by atoms with Crippen molar-refractivity contribution < 1.29 is 4.74 Å². The second-order valence-electron chi connectivity index (χ2n) is 3.49. The molecule has 0 atom stereocenters. The largest absolute Gasteiger partial charge is 0.375 e. The summed E-state index contributed by atoms with van der Waals surface area (Å²) in [4.78, 5) is 0. The monoisotopic (exact) mass is 191 g/mol. The van der Waals surface area contributed by atoms with Crippen LogP contribution in [0, 0.1) is 12.0 Å². The Bertz CT molecular complexity index is 93.8. The van der Waals surface area contributed by atoms with E-state index in [1.165, 1.54) is 6.10 Å². The first kappa shape index (κ1) is 12.2. The van der Waals surface area contributed by atoms with E-state index in [2.05, 4.69) is 13.8 Å². The molecule has 0 aliphatic heterocycles. The lowest BCUT2D eigenvalue weighted by Crippen LogP contribution is -2.04. The summed E-state index contributed by atoms with van der Waals surface area (Å²) in [6, 6.07) is 0. The Hall–Kier alpha value is 0.250. The first-order valence-corrected chi connectivity index (χ1v) is 5.18. The molecule has 0 aromatic rings. The molecule has 0 spiro atoms. The lowest BCUT2D eigenvalue weighted by atomic mass is 10.0. The number of rotatable bonds is 7. The van der Waals surface area contributed by atoms with Gasteiger partial charge >= 0.3 is 0 Å². The summed E-state index contributed by atoms with van der Waals surface area (Å²) in [5.74, 6) is 1.45. The second kappa shape index (κ2) is 7.88. The molecule has 0 aliphatic carbocycles. The van der Waals surface area contributed by atoms with E-state index < -0.39 is 0 Å². The van der Waals surface area contributed by atoms with Crippen molar-refractivity contribution >= 4 is 11.6 Å². The SMILES string of the molecule is CO[C](CCCCCl)CC(C)C. The summed E-state index contributed by atoms with van der Waals surface area (Å²) in [6.07, 6.45) is 5.61. The van der Waals surface area contributed by atoms with Gasteiger partial charge in [-0.2, -0.15) is 0 Å². The number of hydrogen-bond acceptors (Lipinski definition) is 1. The van der Waals surface area contributed by atoms with Gasteiger partial charge in [-0.05, 0) is 31.6 Å². The molecule has 0 aromatic heterocycles. The van der Waals surface area contributed by atoms with Crippen molar-refractivity contribution in [1.29, 1.82) is 0 Å². The number of alkyl halides is 1. The highest BCUT2D eigenvalue weighted by atomic mass is 35.5. The van der Waals surface area contributed by atoms with Crippen LogP contribution < -0.4 is 0 Å². The summed E-state index contributed by atoms with van der Waals surface area (Å²) in [5, 5.41) is 0. The molecule has 12 heavy (non-hydrogen) atoms. The predicted octanol–water partition coefficient (Wildman–Crippen LogP) is 3.62. The Kier molecular flexibility index (Phi) is 8.04. The summed E-state index contributed by atoms with van der Waals surface area (Å²) in [6.45, 7) is 4.42. The molecule has 1 nitrogen and oxygen atoms in total. The van der Waals surface area contributed by atoms with Crippen LogP contribution in [0.15, 0.2) is 0 Å². The van der Waals surface area contributed by atoms with Gasteiger partial charge in [0.15, 0.2) is 0 Å². The minimum absolute atomic E-state index is 0.691. The van der Waals surface area contributed by atoms with Crippen LogP contribution in [-0.4, -0.2) is 13.0 Å². The molecule has 0 unspecified atom stereocenters. The second-order valence-corrected chi connectivity index (χ2v) is 3.86. The molecule has 0 heterocycles. The number of methoxy groups -OCH3 is 1. The minimum atomic E-state index is 0.691. The van der Waals surface area contributed by atoms with Crippen LogP contribution in [0.1, 0.15) is 39.5 Å². The summed E-state index contributed by atoms with van der Waals surface area (Å²) >= 11 is 5.58. The molecule has 0 N–H and O–H groups in total. The third kappa shape index (κ3) is 6.93. The van der Waals surface area contributed by atoms with Gasteiger partial charge < -0.3 is 4.74 Å². The van der Waals surface area contributed by atoms with Crippen molar-refractivity contribution in [3.63, 3.8) is 0 Å². The van der Waals surface area contributed by atoms with Crippen molar-refractivity contribution in [3.8, 4) is 0 Å². The maximum atomic E-state index is 5.58. The van der Waals surface area contributed by atoms with E-state index in [0.29, 0.717) is 5.92 Å². The van der Waals surface area contributed by atoms with Crippen molar-refractivity contribution in [2.24, 2.45) is 5.92 Å². The molecule has 0 rings (SSSR count). The predicted molar refractivity (Wildman–Crippen MR) is 54.3 cm³/mol. The van der Waals surface area contributed by atoms with Crippen molar-refractivity contribution in [3.05, 3.63) is 6.10 Å². The van der Waals surface area contributed by atoms with Crippen molar-refractivity contribution in [2.45, 2.75) is 39.5 Å². The molecule has 2 heteroatoms. The fraction of sp³-hybridized carbons (Fsp3) is 0.900. The summed E-state index contributed by atoms with van der Waals surface area (Å²) in [5.41, 5.74) is 0. The van der Waals surface area contributed by atoms with Gasteiger partial charge in [-0.3, -0.25) is 0 Å². The van der Waals surface area contributed by atoms with Crippen LogP contribution in [0.5, 0.6) is 0 Å². The molecule has 1 radical (unpaired) electrons. The first-order valence-electron chi connectivity index (χ1n) is 4.65. The lowest BCUT2D eigenvalue weighted by Gasteiger charge is -2.15. The zero-order valence-corrected chi connectivity index (χ0v) is 9.16.